The number of aliphatic carboxylic acids is 1. The summed E-state index contributed by atoms with van der Waals surface area (Å²) in [6.07, 6.45) is 2.56. The second-order valence-corrected chi connectivity index (χ2v) is 0.838. The second-order valence-electron chi connectivity index (χ2n) is 0.838. The van der Waals surface area contributed by atoms with E-state index in [1.54, 1.807) is 6.92 Å². The predicted octanol–water partition coefficient (Wildman–Crippen LogP) is -0.537. The van der Waals surface area contributed by atoms with Crippen molar-refractivity contribution < 1.29 is 9.90 Å². The first-order valence-electron chi connectivity index (χ1n) is 1.63. The molecule has 0 saturated carbocycles. The molecule has 0 aliphatic rings. The van der Waals surface area contributed by atoms with E-state index in [4.69, 9.17) is 5.11 Å². The minimum atomic E-state index is -0.891. The number of hydrogen-bond donors (Lipinski definition) is 1. The molecule has 0 rings (SSSR count). The van der Waals surface area contributed by atoms with Crippen LogP contribution in [0.2, 0.25) is 0 Å². The van der Waals surface area contributed by atoms with Crippen molar-refractivity contribution in [2.45, 2.75) is 6.92 Å². The van der Waals surface area contributed by atoms with Gasteiger partial charge in [-0.15, -0.1) is 0 Å². The number of hydrogen-bond acceptors (Lipinski definition) is 1. The number of carboxylic acids is 1. The Bertz CT molecular complexity index is 77.8. The number of allylic oxidation sites excluding steroid dienone is 1. The van der Waals surface area contributed by atoms with E-state index in [0.29, 0.717) is 0 Å². The summed E-state index contributed by atoms with van der Waals surface area (Å²) in [6, 6.07) is 0. The third kappa shape index (κ3) is 10.7. The van der Waals surface area contributed by atoms with Crippen LogP contribution in [0.3, 0.4) is 0 Å². The van der Waals surface area contributed by atoms with Gasteiger partial charge >= 0.3 is 31.8 Å². The van der Waals surface area contributed by atoms with Crippen molar-refractivity contribution >= 4 is 31.8 Å². The first-order chi connectivity index (χ1) is 2.77. The summed E-state index contributed by atoms with van der Waals surface area (Å²) in [6.45, 7) is 1.66. The molecule has 40 valence electrons. The Morgan fingerprint density at radius 1 is 1.71 bits per heavy atom. The Morgan fingerprint density at radius 3 is 2.14 bits per heavy atom. The standard InChI is InChI=1S/C4H6O2.In.3H/c1-2-3-4(5)6;;;;/h2-3H,1H3,(H,5,6);;;;/b3-2+;;;;. The average molecular weight is 204 g/mol. The van der Waals surface area contributed by atoms with Gasteiger partial charge in [0.1, 0.15) is 0 Å². The molecule has 0 heterocycles. The van der Waals surface area contributed by atoms with E-state index in [1.165, 1.54) is 6.08 Å². The van der Waals surface area contributed by atoms with Gasteiger partial charge in [-0.2, -0.15) is 0 Å². The van der Waals surface area contributed by atoms with Crippen LogP contribution in [0.4, 0.5) is 0 Å². The van der Waals surface area contributed by atoms with Gasteiger partial charge in [0, 0.05) is 6.08 Å². The maximum absolute atomic E-state index is 9.51. The van der Waals surface area contributed by atoms with Gasteiger partial charge in [0.25, 0.3) is 0 Å². The van der Waals surface area contributed by atoms with Gasteiger partial charge in [0.2, 0.25) is 0 Å². The summed E-state index contributed by atoms with van der Waals surface area (Å²) in [5.41, 5.74) is 0. The zero-order valence-electron chi connectivity index (χ0n) is 3.51. The Balaban J connectivity index is 0. The normalized spacial score (nSPS) is 8.14. The molecule has 7 heavy (non-hydrogen) atoms. The van der Waals surface area contributed by atoms with Crippen molar-refractivity contribution in [3.05, 3.63) is 12.2 Å². The van der Waals surface area contributed by atoms with Crippen molar-refractivity contribution in [1.29, 1.82) is 0 Å². The van der Waals surface area contributed by atoms with Crippen LogP contribution in [0.1, 0.15) is 6.92 Å². The summed E-state index contributed by atoms with van der Waals surface area (Å²) in [7, 11) is 0. The van der Waals surface area contributed by atoms with Crippen LogP contribution in [0.25, 0.3) is 0 Å². The molecule has 0 atom stereocenters. The molecule has 0 amide bonds. The zero-order valence-corrected chi connectivity index (χ0v) is 3.51. The quantitative estimate of drug-likeness (QED) is 0.582. The number of carboxylic acid groups (broad SMARTS) is 1. The van der Waals surface area contributed by atoms with Crippen molar-refractivity contribution in [3.8, 4) is 0 Å². The van der Waals surface area contributed by atoms with Crippen LogP contribution < -0.4 is 0 Å². The van der Waals surface area contributed by atoms with Crippen LogP contribution in [-0.2, 0) is 4.79 Å². The van der Waals surface area contributed by atoms with Crippen LogP contribution in [0.5, 0.6) is 0 Å². The fraction of sp³-hybridized carbons (Fsp3) is 0.250. The fourth-order valence-corrected chi connectivity index (χ4v) is 0.143. The molecular formula is C4H9InO2. The minimum absolute atomic E-state index is 0. The second kappa shape index (κ2) is 6.08. The van der Waals surface area contributed by atoms with Gasteiger partial charge in [-0.05, 0) is 6.92 Å². The monoisotopic (exact) mass is 204 g/mol. The topological polar surface area (TPSA) is 37.3 Å². The molecule has 0 aromatic rings. The maximum atomic E-state index is 9.51. The van der Waals surface area contributed by atoms with Crippen LogP contribution in [0, 0.1) is 0 Å². The summed E-state index contributed by atoms with van der Waals surface area (Å²) < 4.78 is 0. The molecule has 3 heteroatoms. The van der Waals surface area contributed by atoms with Crippen LogP contribution in [-0.4, -0.2) is 36.9 Å². The van der Waals surface area contributed by atoms with Crippen LogP contribution >= 0.6 is 0 Å². The predicted molar refractivity (Wildman–Crippen MR) is 32.4 cm³/mol. The molecular weight excluding hydrogens is 195 g/mol. The van der Waals surface area contributed by atoms with E-state index in [0.717, 1.165) is 6.08 Å². The molecule has 0 saturated heterocycles. The summed E-state index contributed by atoms with van der Waals surface area (Å²) >= 11 is 0. The van der Waals surface area contributed by atoms with Gasteiger partial charge in [-0.25, -0.2) is 4.79 Å². The van der Waals surface area contributed by atoms with E-state index < -0.39 is 5.97 Å². The molecule has 1 N–H and O–H groups in total. The number of carbonyl (C=O) groups is 1. The van der Waals surface area contributed by atoms with E-state index in [9.17, 15) is 4.79 Å². The molecule has 0 bridgehead atoms. The van der Waals surface area contributed by atoms with E-state index in [-0.39, 0.29) is 25.8 Å². The van der Waals surface area contributed by atoms with E-state index >= 15 is 0 Å². The summed E-state index contributed by atoms with van der Waals surface area (Å²) in [4.78, 5) is 9.51. The van der Waals surface area contributed by atoms with Gasteiger partial charge in [-0.3, -0.25) is 0 Å². The van der Waals surface area contributed by atoms with Crippen molar-refractivity contribution in [3.63, 3.8) is 0 Å². The molecule has 0 aliphatic carbocycles. The van der Waals surface area contributed by atoms with Crippen LogP contribution in [0.15, 0.2) is 12.2 Å². The van der Waals surface area contributed by atoms with Crippen molar-refractivity contribution in [2.24, 2.45) is 0 Å². The first kappa shape index (κ1) is 10.1. The number of rotatable bonds is 1. The molecule has 0 spiro atoms. The first-order valence-corrected chi connectivity index (χ1v) is 1.63. The third-order valence-corrected chi connectivity index (χ3v) is 0.309. The van der Waals surface area contributed by atoms with Crippen molar-refractivity contribution in [2.75, 3.05) is 0 Å². The summed E-state index contributed by atoms with van der Waals surface area (Å²) in [5.74, 6) is -0.891. The summed E-state index contributed by atoms with van der Waals surface area (Å²) in [5, 5.41) is 7.83. The molecule has 0 fully saturated rings. The van der Waals surface area contributed by atoms with Gasteiger partial charge in [0.05, 0.1) is 0 Å². The van der Waals surface area contributed by atoms with Gasteiger partial charge in [0.15, 0.2) is 0 Å². The Labute approximate surface area is 61.0 Å². The fourth-order valence-electron chi connectivity index (χ4n) is 0.143. The Morgan fingerprint density at radius 2 is 2.14 bits per heavy atom. The molecule has 0 aliphatic heterocycles. The van der Waals surface area contributed by atoms with Gasteiger partial charge < -0.3 is 5.11 Å². The van der Waals surface area contributed by atoms with E-state index in [1.807, 2.05) is 0 Å². The molecule has 0 aromatic heterocycles. The SMILES string of the molecule is C/C=C/C(=O)O.[InH3]. The van der Waals surface area contributed by atoms with Gasteiger partial charge in [-0.1, -0.05) is 6.08 Å². The van der Waals surface area contributed by atoms with Crippen molar-refractivity contribution in [1.82, 2.24) is 0 Å². The average Bonchev–Trinajstić information content (AvgIpc) is 1.35. The Hall–Kier alpha value is 0.0801. The molecule has 0 unspecified atom stereocenters. The van der Waals surface area contributed by atoms with E-state index in [2.05, 4.69) is 0 Å². The zero-order chi connectivity index (χ0) is 4.99. The molecule has 2 nitrogen and oxygen atoms in total. The Kier molecular flexibility index (Phi) is 8.81. The third-order valence-electron chi connectivity index (χ3n) is 0.309. The molecule has 0 aromatic carbocycles. The molecule has 0 radical (unpaired) electrons.